The number of nitro groups is 1. The van der Waals surface area contributed by atoms with E-state index in [4.69, 9.17) is 4.74 Å². The maximum atomic E-state index is 10.9. The van der Waals surface area contributed by atoms with Gasteiger partial charge in [0.05, 0.1) is 18.1 Å². The van der Waals surface area contributed by atoms with Gasteiger partial charge in [0.25, 0.3) is 5.69 Å². The fourth-order valence-corrected chi connectivity index (χ4v) is 1.80. The Balaban J connectivity index is 2.12. The summed E-state index contributed by atoms with van der Waals surface area (Å²) >= 11 is 0. The Labute approximate surface area is 99.9 Å². The number of benzene rings is 1. The van der Waals surface area contributed by atoms with Crippen molar-refractivity contribution in [2.75, 3.05) is 25.1 Å². The van der Waals surface area contributed by atoms with Gasteiger partial charge in [-0.2, -0.15) is 0 Å². The Bertz CT molecular complexity index is 441. The van der Waals surface area contributed by atoms with Crippen LogP contribution in [-0.4, -0.2) is 24.7 Å². The molecule has 1 saturated heterocycles. The van der Waals surface area contributed by atoms with Crippen molar-refractivity contribution in [1.82, 2.24) is 0 Å². The van der Waals surface area contributed by atoms with E-state index in [0.717, 1.165) is 5.56 Å². The first-order valence-electron chi connectivity index (χ1n) is 5.57. The number of anilines is 1. The average Bonchev–Trinajstić information content (AvgIpc) is 2.24. The molecule has 0 bridgehead atoms. The van der Waals surface area contributed by atoms with Crippen molar-refractivity contribution in [3.8, 4) is 0 Å². The predicted molar refractivity (Wildman–Crippen MR) is 65.2 cm³/mol. The first-order chi connectivity index (χ1) is 8.00. The molecule has 1 fully saturated rings. The fraction of sp³-hybridized carbons (Fsp3) is 0.500. The molecular formula is C12H16N2O3. The van der Waals surface area contributed by atoms with Gasteiger partial charge in [-0.25, -0.2) is 0 Å². The lowest BCUT2D eigenvalue weighted by Crippen LogP contribution is -2.45. The normalized spacial score (nSPS) is 17.3. The molecule has 92 valence electrons. The largest absolute Gasteiger partial charge is 0.380 e. The minimum Gasteiger partial charge on any atom is -0.380 e. The van der Waals surface area contributed by atoms with E-state index in [-0.39, 0.29) is 16.0 Å². The number of ether oxygens (including phenoxy) is 1. The SMILES string of the molecule is Cc1ccc(NCC2(C)COC2)c([N+](=O)[O-])c1. The molecule has 5 nitrogen and oxygen atoms in total. The highest BCUT2D eigenvalue weighted by Gasteiger charge is 2.33. The van der Waals surface area contributed by atoms with Gasteiger partial charge in [0.2, 0.25) is 0 Å². The molecule has 0 unspecified atom stereocenters. The molecule has 0 amide bonds. The second kappa shape index (κ2) is 4.33. The van der Waals surface area contributed by atoms with Gasteiger partial charge in [-0.3, -0.25) is 10.1 Å². The molecule has 0 aromatic heterocycles. The van der Waals surface area contributed by atoms with Gasteiger partial charge in [0.15, 0.2) is 0 Å². The van der Waals surface area contributed by atoms with Gasteiger partial charge >= 0.3 is 0 Å². The van der Waals surface area contributed by atoms with Crippen molar-refractivity contribution in [2.45, 2.75) is 13.8 Å². The summed E-state index contributed by atoms with van der Waals surface area (Å²) in [5, 5.41) is 14.1. The van der Waals surface area contributed by atoms with Crippen LogP contribution in [0, 0.1) is 22.5 Å². The van der Waals surface area contributed by atoms with Crippen LogP contribution in [0.2, 0.25) is 0 Å². The summed E-state index contributed by atoms with van der Waals surface area (Å²) in [6.07, 6.45) is 0. The van der Waals surface area contributed by atoms with Crippen molar-refractivity contribution in [2.24, 2.45) is 5.41 Å². The average molecular weight is 236 g/mol. The Kier molecular flexibility index (Phi) is 3.02. The van der Waals surface area contributed by atoms with Gasteiger partial charge in [0, 0.05) is 18.0 Å². The molecule has 0 saturated carbocycles. The van der Waals surface area contributed by atoms with Crippen LogP contribution < -0.4 is 5.32 Å². The highest BCUT2D eigenvalue weighted by molar-refractivity contribution is 5.62. The number of aryl methyl sites for hydroxylation is 1. The number of nitrogens with zero attached hydrogens (tertiary/aromatic N) is 1. The van der Waals surface area contributed by atoms with Gasteiger partial charge in [-0.05, 0) is 18.6 Å². The van der Waals surface area contributed by atoms with Crippen LogP contribution in [0.25, 0.3) is 0 Å². The Morgan fingerprint density at radius 2 is 2.24 bits per heavy atom. The van der Waals surface area contributed by atoms with Gasteiger partial charge < -0.3 is 10.1 Å². The van der Waals surface area contributed by atoms with Crippen LogP contribution in [0.15, 0.2) is 18.2 Å². The summed E-state index contributed by atoms with van der Waals surface area (Å²) in [5.74, 6) is 0. The Hall–Kier alpha value is -1.62. The molecule has 1 aromatic carbocycles. The molecule has 0 aliphatic carbocycles. The summed E-state index contributed by atoms with van der Waals surface area (Å²) < 4.78 is 5.15. The minimum atomic E-state index is -0.352. The topological polar surface area (TPSA) is 64.4 Å². The third kappa shape index (κ3) is 2.55. The van der Waals surface area contributed by atoms with Crippen molar-refractivity contribution in [3.05, 3.63) is 33.9 Å². The molecule has 1 aliphatic heterocycles. The Morgan fingerprint density at radius 3 is 2.76 bits per heavy atom. The lowest BCUT2D eigenvalue weighted by Gasteiger charge is -2.38. The number of nitro benzene ring substituents is 1. The molecule has 1 heterocycles. The Morgan fingerprint density at radius 1 is 1.53 bits per heavy atom. The lowest BCUT2D eigenvalue weighted by atomic mass is 9.88. The molecule has 2 rings (SSSR count). The second-order valence-electron chi connectivity index (χ2n) is 4.93. The quantitative estimate of drug-likeness (QED) is 0.643. The molecule has 0 radical (unpaired) electrons. The zero-order valence-electron chi connectivity index (χ0n) is 10.0. The van der Waals surface area contributed by atoms with Gasteiger partial charge in [0.1, 0.15) is 5.69 Å². The second-order valence-corrected chi connectivity index (χ2v) is 4.93. The highest BCUT2D eigenvalue weighted by atomic mass is 16.6. The lowest BCUT2D eigenvalue weighted by molar-refractivity contribution is -0.384. The first kappa shape index (κ1) is 11.9. The van der Waals surface area contributed by atoms with Crippen LogP contribution >= 0.6 is 0 Å². The summed E-state index contributed by atoms with van der Waals surface area (Å²) in [6.45, 7) is 6.05. The predicted octanol–water partition coefficient (Wildman–Crippen LogP) is 2.35. The van der Waals surface area contributed by atoms with Crippen LogP contribution in [0.3, 0.4) is 0 Å². The number of hydrogen-bond acceptors (Lipinski definition) is 4. The molecule has 0 atom stereocenters. The van der Waals surface area contributed by atoms with Crippen LogP contribution in [0.1, 0.15) is 12.5 Å². The molecule has 5 heteroatoms. The molecule has 17 heavy (non-hydrogen) atoms. The van der Waals surface area contributed by atoms with E-state index in [1.807, 2.05) is 13.0 Å². The zero-order valence-corrected chi connectivity index (χ0v) is 10.0. The monoisotopic (exact) mass is 236 g/mol. The fourth-order valence-electron chi connectivity index (χ4n) is 1.80. The summed E-state index contributed by atoms with van der Waals surface area (Å²) in [7, 11) is 0. The summed E-state index contributed by atoms with van der Waals surface area (Å²) in [5.41, 5.74) is 1.70. The third-order valence-electron chi connectivity index (χ3n) is 2.96. The van der Waals surface area contributed by atoms with E-state index >= 15 is 0 Å². The number of nitrogens with one attached hydrogen (secondary N) is 1. The summed E-state index contributed by atoms with van der Waals surface area (Å²) in [6, 6.07) is 5.22. The molecule has 0 spiro atoms. The van der Waals surface area contributed by atoms with Gasteiger partial charge in [-0.1, -0.05) is 13.0 Å². The molecular weight excluding hydrogens is 220 g/mol. The van der Waals surface area contributed by atoms with Crippen LogP contribution in [0.5, 0.6) is 0 Å². The zero-order chi connectivity index (χ0) is 12.5. The standard InChI is InChI=1S/C12H16N2O3/c1-9-3-4-10(11(5-9)14(15)16)13-6-12(2)7-17-8-12/h3-5,13H,6-8H2,1-2H3. The maximum absolute atomic E-state index is 10.9. The van der Waals surface area contributed by atoms with E-state index in [1.165, 1.54) is 0 Å². The smallest absolute Gasteiger partial charge is 0.292 e. The van der Waals surface area contributed by atoms with Crippen molar-refractivity contribution >= 4 is 11.4 Å². The van der Waals surface area contributed by atoms with Crippen molar-refractivity contribution in [3.63, 3.8) is 0 Å². The van der Waals surface area contributed by atoms with E-state index in [9.17, 15) is 10.1 Å². The summed E-state index contributed by atoms with van der Waals surface area (Å²) in [4.78, 5) is 10.6. The van der Waals surface area contributed by atoms with E-state index < -0.39 is 0 Å². The molecule has 1 aliphatic rings. The third-order valence-corrected chi connectivity index (χ3v) is 2.96. The number of rotatable bonds is 4. The van der Waals surface area contributed by atoms with E-state index in [2.05, 4.69) is 12.2 Å². The minimum absolute atomic E-state index is 0.0960. The highest BCUT2D eigenvalue weighted by Crippen LogP contribution is 2.30. The van der Waals surface area contributed by atoms with Crippen LogP contribution in [-0.2, 0) is 4.74 Å². The van der Waals surface area contributed by atoms with E-state index in [1.54, 1.807) is 12.1 Å². The number of hydrogen-bond donors (Lipinski definition) is 1. The van der Waals surface area contributed by atoms with Gasteiger partial charge in [-0.15, -0.1) is 0 Å². The maximum Gasteiger partial charge on any atom is 0.292 e. The molecule has 1 N–H and O–H groups in total. The first-order valence-corrected chi connectivity index (χ1v) is 5.57. The van der Waals surface area contributed by atoms with Crippen molar-refractivity contribution in [1.29, 1.82) is 0 Å². The van der Waals surface area contributed by atoms with E-state index in [0.29, 0.717) is 25.4 Å². The van der Waals surface area contributed by atoms with Crippen LogP contribution in [0.4, 0.5) is 11.4 Å². The molecule has 1 aromatic rings. The van der Waals surface area contributed by atoms with Crippen molar-refractivity contribution < 1.29 is 9.66 Å².